The lowest BCUT2D eigenvalue weighted by Gasteiger charge is -2.16. The Balaban J connectivity index is 2.16. The van der Waals surface area contributed by atoms with E-state index in [2.05, 4.69) is 5.16 Å². The number of nitrogens with zero attached hydrogens (tertiary/aromatic N) is 1. The Morgan fingerprint density at radius 3 is 2.74 bits per heavy atom. The van der Waals surface area contributed by atoms with Crippen molar-refractivity contribution in [3.63, 3.8) is 0 Å². The van der Waals surface area contributed by atoms with Crippen LogP contribution in [0.2, 0.25) is 0 Å². The van der Waals surface area contributed by atoms with Gasteiger partial charge < -0.3 is 15.1 Å². The summed E-state index contributed by atoms with van der Waals surface area (Å²) in [4.78, 5) is 0. The minimum absolute atomic E-state index is 0.189. The Labute approximate surface area is 111 Å². The molecule has 2 rings (SSSR count). The van der Waals surface area contributed by atoms with Gasteiger partial charge in [-0.3, -0.25) is 0 Å². The van der Waals surface area contributed by atoms with E-state index in [9.17, 15) is 13.5 Å². The molecule has 19 heavy (non-hydrogen) atoms. The van der Waals surface area contributed by atoms with E-state index in [1.54, 1.807) is 31.2 Å². The van der Waals surface area contributed by atoms with Crippen molar-refractivity contribution in [1.82, 2.24) is 0 Å². The fourth-order valence-electron chi connectivity index (χ4n) is 1.94. The number of rotatable bonds is 3. The quantitative estimate of drug-likeness (QED) is 0.477. The van der Waals surface area contributed by atoms with Crippen molar-refractivity contribution in [2.75, 3.05) is 11.5 Å². The van der Waals surface area contributed by atoms with Crippen molar-refractivity contribution >= 4 is 15.5 Å². The van der Waals surface area contributed by atoms with Crippen molar-refractivity contribution in [2.24, 2.45) is 5.16 Å². The molecule has 0 radical (unpaired) electrons. The molecular weight excluding hydrogens is 270 g/mol. The maximum Gasteiger partial charge on any atom is 0.156 e. The highest BCUT2D eigenvalue weighted by Gasteiger charge is 2.38. The van der Waals surface area contributed by atoms with Crippen molar-refractivity contribution in [3.05, 3.63) is 29.8 Å². The largest absolute Gasteiger partial charge is 0.487 e. The number of oxime groups is 1. The first-order chi connectivity index (χ1) is 8.91. The Bertz CT molecular complexity index is 596. The van der Waals surface area contributed by atoms with E-state index in [0.29, 0.717) is 17.0 Å². The topological polar surface area (TPSA) is 96.2 Å². The van der Waals surface area contributed by atoms with Crippen LogP contribution < -0.4 is 4.74 Å². The van der Waals surface area contributed by atoms with Crippen molar-refractivity contribution in [1.29, 1.82) is 0 Å². The molecule has 0 amide bonds. The molecular formula is C12H15NO5S. The van der Waals surface area contributed by atoms with E-state index >= 15 is 0 Å². The standard InChI is InChI=1S/C12H15NO5S/c1-8(13-15)9-3-2-4-10(5-9)18-12-7-19(16,17)6-11(12)14/h2-5,11-12,14-15H,6-7H2,1H3/b13-8+. The molecule has 7 heteroatoms. The van der Waals surface area contributed by atoms with Gasteiger partial charge in [0.2, 0.25) is 0 Å². The van der Waals surface area contributed by atoms with E-state index < -0.39 is 22.0 Å². The van der Waals surface area contributed by atoms with E-state index in [1.807, 2.05) is 0 Å². The van der Waals surface area contributed by atoms with Gasteiger partial charge in [-0.25, -0.2) is 8.42 Å². The van der Waals surface area contributed by atoms with Gasteiger partial charge >= 0.3 is 0 Å². The maximum atomic E-state index is 11.4. The molecule has 1 aliphatic heterocycles. The lowest BCUT2D eigenvalue weighted by molar-refractivity contribution is 0.0738. The van der Waals surface area contributed by atoms with Gasteiger partial charge in [0, 0.05) is 5.56 Å². The van der Waals surface area contributed by atoms with Crippen LogP contribution in [0.1, 0.15) is 12.5 Å². The number of hydrogen-bond acceptors (Lipinski definition) is 6. The monoisotopic (exact) mass is 285 g/mol. The summed E-state index contributed by atoms with van der Waals surface area (Å²) in [6, 6.07) is 6.73. The lowest BCUT2D eigenvalue weighted by atomic mass is 10.1. The number of sulfone groups is 1. The predicted molar refractivity (Wildman–Crippen MR) is 69.5 cm³/mol. The highest BCUT2D eigenvalue weighted by molar-refractivity contribution is 7.91. The van der Waals surface area contributed by atoms with E-state index in [-0.39, 0.29) is 11.5 Å². The molecule has 0 aliphatic carbocycles. The zero-order valence-electron chi connectivity index (χ0n) is 10.4. The molecule has 0 bridgehead atoms. The summed E-state index contributed by atoms with van der Waals surface area (Å²) in [6.45, 7) is 1.63. The second-order valence-corrected chi connectivity index (χ2v) is 6.67. The molecule has 1 heterocycles. The number of ether oxygens (including phenoxy) is 1. The Hall–Kier alpha value is -1.60. The highest BCUT2D eigenvalue weighted by atomic mass is 32.2. The van der Waals surface area contributed by atoms with Crippen LogP contribution in [0.5, 0.6) is 5.75 Å². The van der Waals surface area contributed by atoms with Crippen LogP contribution in [0.25, 0.3) is 0 Å². The van der Waals surface area contributed by atoms with Crippen LogP contribution in [-0.2, 0) is 9.84 Å². The third kappa shape index (κ3) is 3.24. The number of aliphatic hydroxyl groups is 1. The molecule has 0 saturated carbocycles. The van der Waals surface area contributed by atoms with Crippen molar-refractivity contribution in [3.8, 4) is 5.75 Å². The van der Waals surface area contributed by atoms with Gasteiger partial charge in [0.25, 0.3) is 0 Å². The summed E-state index contributed by atoms with van der Waals surface area (Å²) < 4.78 is 28.2. The molecule has 1 aromatic carbocycles. The molecule has 2 unspecified atom stereocenters. The second-order valence-electron chi connectivity index (χ2n) is 4.51. The molecule has 6 nitrogen and oxygen atoms in total. The summed E-state index contributed by atoms with van der Waals surface area (Å²) >= 11 is 0. The van der Waals surface area contributed by atoms with Gasteiger partial charge in [0.15, 0.2) is 9.84 Å². The van der Waals surface area contributed by atoms with E-state index in [1.165, 1.54) is 0 Å². The zero-order chi connectivity index (χ0) is 14.0. The molecule has 0 spiro atoms. The number of aliphatic hydroxyl groups excluding tert-OH is 1. The summed E-state index contributed by atoms with van der Waals surface area (Å²) in [6.07, 6.45) is -1.77. The fourth-order valence-corrected chi connectivity index (χ4v) is 3.60. The smallest absolute Gasteiger partial charge is 0.156 e. The molecule has 104 valence electrons. The van der Waals surface area contributed by atoms with Gasteiger partial charge in [-0.1, -0.05) is 17.3 Å². The first-order valence-corrected chi connectivity index (χ1v) is 7.57. The summed E-state index contributed by atoms with van der Waals surface area (Å²) in [5.41, 5.74) is 1.08. The Morgan fingerprint density at radius 2 is 2.16 bits per heavy atom. The van der Waals surface area contributed by atoms with Crippen LogP contribution >= 0.6 is 0 Å². The first kappa shape index (κ1) is 13.8. The fraction of sp³-hybridized carbons (Fsp3) is 0.417. The van der Waals surface area contributed by atoms with E-state index in [0.717, 1.165) is 0 Å². The van der Waals surface area contributed by atoms with Crippen LogP contribution in [0.15, 0.2) is 29.4 Å². The number of hydrogen-bond donors (Lipinski definition) is 2. The van der Waals surface area contributed by atoms with Gasteiger partial charge in [-0.15, -0.1) is 0 Å². The Kier molecular flexibility index (Phi) is 3.77. The normalized spacial score (nSPS) is 26.3. The van der Waals surface area contributed by atoms with Crippen LogP contribution in [0.3, 0.4) is 0 Å². The molecule has 2 atom stereocenters. The lowest BCUT2D eigenvalue weighted by Crippen LogP contribution is -2.29. The van der Waals surface area contributed by atoms with Crippen molar-refractivity contribution < 1.29 is 23.5 Å². The van der Waals surface area contributed by atoms with E-state index in [4.69, 9.17) is 9.94 Å². The van der Waals surface area contributed by atoms with Gasteiger partial charge in [0.1, 0.15) is 18.0 Å². The molecule has 1 aromatic rings. The number of benzene rings is 1. The zero-order valence-corrected chi connectivity index (χ0v) is 11.2. The summed E-state index contributed by atoms with van der Waals surface area (Å²) in [5, 5.41) is 21.4. The highest BCUT2D eigenvalue weighted by Crippen LogP contribution is 2.21. The minimum atomic E-state index is -3.23. The van der Waals surface area contributed by atoms with Gasteiger partial charge in [-0.05, 0) is 19.1 Å². The first-order valence-electron chi connectivity index (χ1n) is 5.75. The van der Waals surface area contributed by atoms with Gasteiger partial charge in [-0.2, -0.15) is 0 Å². The molecule has 2 N–H and O–H groups in total. The maximum absolute atomic E-state index is 11.4. The average Bonchev–Trinajstić information content (AvgIpc) is 2.61. The molecule has 1 aliphatic rings. The Morgan fingerprint density at radius 1 is 1.42 bits per heavy atom. The predicted octanol–water partition coefficient (Wildman–Crippen LogP) is 0.421. The molecule has 0 aromatic heterocycles. The third-order valence-corrected chi connectivity index (χ3v) is 4.65. The van der Waals surface area contributed by atoms with Crippen LogP contribution in [0.4, 0.5) is 0 Å². The second kappa shape index (κ2) is 5.18. The summed E-state index contributed by atoms with van der Waals surface area (Å²) in [5.74, 6) is -0.0263. The third-order valence-electron chi connectivity index (χ3n) is 2.96. The van der Waals surface area contributed by atoms with Gasteiger partial charge in [0.05, 0.1) is 17.2 Å². The SMILES string of the molecule is C/C(=N\O)c1cccc(OC2CS(=O)(=O)CC2O)c1. The average molecular weight is 285 g/mol. The van der Waals surface area contributed by atoms with Crippen LogP contribution in [-0.4, -0.2) is 48.2 Å². The summed E-state index contributed by atoms with van der Waals surface area (Å²) in [7, 11) is -3.23. The molecule has 1 fully saturated rings. The molecule has 1 saturated heterocycles. The minimum Gasteiger partial charge on any atom is -0.487 e. The van der Waals surface area contributed by atoms with Crippen molar-refractivity contribution in [2.45, 2.75) is 19.1 Å². The van der Waals surface area contributed by atoms with Crippen LogP contribution in [0, 0.1) is 0 Å².